The van der Waals surface area contributed by atoms with Gasteiger partial charge in [-0.05, 0) is 31.5 Å². The number of benzene rings is 1. The van der Waals surface area contributed by atoms with E-state index in [1.807, 2.05) is 0 Å². The van der Waals surface area contributed by atoms with Gasteiger partial charge < -0.3 is 10.4 Å². The topological polar surface area (TPSA) is 78.0 Å². The van der Waals surface area contributed by atoms with Crippen molar-refractivity contribution in [1.29, 1.82) is 0 Å². The van der Waals surface area contributed by atoms with E-state index >= 15 is 0 Å². The molecule has 0 atom stereocenters. The van der Waals surface area contributed by atoms with Crippen LogP contribution in [0.3, 0.4) is 0 Å². The molecule has 18 heavy (non-hydrogen) atoms. The van der Waals surface area contributed by atoms with Crippen LogP contribution in [0.25, 0.3) is 0 Å². The molecule has 1 aromatic carbocycles. The number of anilines is 1. The first-order chi connectivity index (χ1) is 8.47. The van der Waals surface area contributed by atoms with Gasteiger partial charge in [-0.25, -0.2) is 0 Å². The SMILES string of the molecule is CC(C)(O)c1ccc(NC(=O)c2cn[nH]c2)cc1. The van der Waals surface area contributed by atoms with Crippen LogP contribution < -0.4 is 5.32 Å². The molecule has 0 aliphatic heterocycles. The van der Waals surface area contributed by atoms with Gasteiger partial charge in [0.1, 0.15) is 0 Å². The minimum absolute atomic E-state index is 0.222. The second kappa shape index (κ2) is 4.62. The summed E-state index contributed by atoms with van der Waals surface area (Å²) in [5, 5.41) is 18.8. The molecule has 0 radical (unpaired) electrons. The van der Waals surface area contributed by atoms with Crippen molar-refractivity contribution in [1.82, 2.24) is 10.2 Å². The molecular weight excluding hydrogens is 230 g/mol. The third-order valence-electron chi connectivity index (χ3n) is 2.61. The number of aromatic nitrogens is 2. The van der Waals surface area contributed by atoms with Crippen molar-refractivity contribution >= 4 is 11.6 Å². The molecule has 94 valence electrons. The highest BCUT2D eigenvalue weighted by atomic mass is 16.3. The number of nitrogens with zero attached hydrogens (tertiary/aromatic N) is 1. The molecule has 0 fully saturated rings. The van der Waals surface area contributed by atoms with E-state index in [9.17, 15) is 9.90 Å². The van der Waals surface area contributed by atoms with Crippen molar-refractivity contribution in [2.45, 2.75) is 19.4 Å². The third-order valence-corrected chi connectivity index (χ3v) is 2.61. The molecule has 2 rings (SSSR count). The van der Waals surface area contributed by atoms with E-state index < -0.39 is 5.60 Å². The molecule has 0 unspecified atom stereocenters. The lowest BCUT2D eigenvalue weighted by Gasteiger charge is -2.17. The maximum absolute atomic E-state index is 11.7. The Bertz CT molecular complexity index is 524. The molecule has 3 N–H and O–H groups in total. The van der Waals surface area contributed by atoms with E-state index in [1.54, 1.807) is 38.1 Å². The number of aliphatic hydroxyl groups is 1. The van der Waals surface area contributed by atoms with Gasteiger partial charge in [0.15, 0.2) is 0 Å². The van der Waals surface area contributed by atoms with E-state index in [1.165, 1.54) is 12.4 Å². The average molecular weight is 245 g/mol. The van der Waals surface area contributed by atoms with E-state index in [4.69, 9.17) is 0 Å². The van der Waals surface area contributed by atoms with Gasteiger partial charge in [0.25, 0.3) is 5.91 Å². The van der Waals surface area contributed by atoms with Crippen molar-refractivity contribution in [2.24, 2.45) is 0 Å². The normalized spacial score (nSPS) is 11.3. The molecule has 1 heterocycles. The van der Waals surface area contributed by atoms with E-state index in [2.05, 4.69) is 15.5 Å². The summed E-state index contributed by atoms with van der Waals surface area (Å²) in [7, 11) is 0. The Balaban J connectivity index is 2.09. The van der Waals surface area contributed by atoms with Crippen LogP contribution in [-0.2, 0) is 5.60 Å². The lowest BCUT2D eigenvalue weighted by Crippen LogP contribution is -2.15. The molecule has 1 aromatic heterocycles. The van der Waals surface area contributed by atoms with Gasteiger partial charge in [0, 0.05) is 11.9 Å². The summed E-state index contributed by atoms with van der Waals surface area (Å²) in [4.78, 5) is 11.7. The van der Waals surface area contributed by atoms with Crippen LogP contribution in [0.2, 0.25) is 0 Å². The minimum atomic E-state index is -0.882. The van der Waals surface area contributed by atoms with E-state index in [0.717, 1.165) is 5.56 Å². The fourth-order valence-corrected chi connectivity index (χ4v) is 1.54. The van der Waals surface area contributed by atoms with Gasteiger partial charge in [-0.15, -0.1) is 0 Å². The summed E-state index contributed by atoms with van der Waals surface area (Å²) in [6.07, 6.45) is 2.99. The number of amides is 1. The van der Waals surface area contributed by atoms with Crippen molar-refractivity contribution in [3.63, 3.8) is 0 Å². The van der Waals surface area contributed by atoms with Crippen molar-refractivity contribution in [3.05, 3.63) is 47.8 Å². The highest BCUT2D eigenvalue weighted by Gasteiger charge is 2.15. The van der Waals surface area contributed by atoms with Gasteiger partial charge >= 0.3 is 0 Å². The molecule has 2 aromatic rings. The predicted octanol–water partition coefficient (Wildman–Crippen LogP) is 1.89. The fourth-order valence-electron chi connectivity index (χ4n) is 1.54. The Kier molecular flexibility index (Phi) is 3.16. The molecule has 0 aliphatic carbocycles. The second-order valence-corrected chi connectivity index (χ2v) is 4.58. The number of aromatic amines is 1. The van der Waals surface area contributed by atoms with Crippen molar-refractivity contribution < 1.29 is 9.90 Å². The van der Waals surface area contributed by atoms with Crippen LogP contribution in [0, 0.1) is 0 Å². The first-order valence-electron chi connectivity index (χ1n) is 5.60. The number of nitrogens with one attached hydrogen (secondary N) is 2. The zero-order valence-corrected chi connectivity index (χ0v) is 10.3. The van der Waals surface area contributed by atoms with E-state index in [0.29, 0.717) is 11.3 Å². The molecule has 5 nitrogen and oxygen atoms in total. The average Bonchev–Trinajstić information content (AvgIpc) is 2.82. The van der Waals surface area contributed by atoms with Crippen LogP contribution in [0.5, 0.6) is 0 Å². The molecule has 0 aliphatic rings. The summed E-state index contributed by atoms with van der Waals surface area (Å²) >= 11 is 0. The van der Waals surface area contributed by atoms with Crippen LogP contribution in [0.1, 0.15) is 29.8 Å². The number of hydrogen-bond donors (Lipinski definition) is 3. The van der Waals surface area contributed by atoms with Crippen LogP contribution >= 0.6 is 0 Å². The van der Waals surface area contributed by atoms with Gasteiger partial charge in [0.05, 0.1) is 17.4 Å². The maximum atomic E-state index is 11.7. The number of H-pyrrole nitrogens is 1. The van der Waals surface area contributed by atoms with Gasteiger partial charge in [-0.3, -0.25) is 9.89 Å². The Morgan fingerprint density at radius 3 is 2.50 bits per heavy atom. The van der Waals surface area contributed by atoms with Crippen LogP contribution in [0.4, 0.5) is 5.69 Å². The van der Waals surface area contributed by atoms with Gasteiger partial charge in [-0.1, -0.05) is 12.1 Å². The molecule has 5 heteroatoms. The predicted molar refractivity (Wildman–Crippen MR) is 68.2 cm³/mol. The monoisotopic (exact) mass is 245 g/mol. The largest absolute Gasteiger partial charge is 0.386 e. The summed E-state index contributed by atoms with van der Waals surface area (Å²) in [6, 6.07) is 7.08. The molecule has 0 spiro atoms. The van der Waals surface area contributed by atoms with Crippen LogP contribution in [0.15, 0.2) is 36.7 Å². The standard InChI is InChI=1S/C13H15N3O2/c1-13(2,18)10-3-5-11(6-4-10)16-12(17)9-7-14-15-8-9/h3-8,18H,1-2H3,(H,14,15)(H,16,17). The fraction of sp³-hybridized carbons (Fsp3) is 0.231. The smallest absolute Gasteiger partial charge is 0.258 e. The Morgan fingerprint density at radius 1 is 1.33 bits per heavy atom. The first-order valence-corrected chi connectivity index (χ1v) is 5.60. The van der Waals surface area contributed by atoms with Crippen molar-refractivity contribution in [2.75, 3.05) is 5.32 Å². The number of carbonyl (C=O) groups is 1. The second-order valence-electron chi connectivity index (χ2n) is 4.58. The summed E-state index contributed by atoms with van der Waals surface area (Å²) in [6.45, 7) is 3.43. The van der Waals surface area contributed by atoms with Crippen molar-refractivity contribution in [3.8, 4) is 0 Å². The highest BCUT2D eigenvalue weighted by molar-refractivity contribution is 6.03. The molecule has 0 bridgehead atoms. The highest BCUT2D eigenvalue weighted by Crippen LogP contribution is 2.21. The quantitative estimate of drug-likeness (QED) is 0.772. The summed E-state index contributed by atoms with van der Waals surface area (Å²) < 4.78 is 0. The third kappa shape index (κ3) is 2.75. The minimum Gasteiger partial charge on any atom is -0.386 e. The number of hydrogen-bond acceptors (Lipinski definition) is 3. The van der Waals surface area contributed by atoms with Crippen LogP contribution in [-0.4, -0.2) is 21.2 Å². The lowest BCUT2D eigenvalue weighted by molar-refractivity contribution is 0.0786. The molecule has 0 saturated carbocycles. The zero-order chi connectivity index (χ0) is 13.2. The van der Waals surface area contributed by atoms with Gasteiger partial charge in [-0.2, -0.15) is 5.10 Å². The molecular formula is C13H15N3O2. The maximum Gasteiger partial charge on any atom is 0.258 e. The molecule has 1 amide bonds. The Labute approximate surface area is 105 Å². The number of carbonyl (C=O) groups excluding carboxylic acids is 1. The molecule has 0 saturated heterocycles. The zero-order valence-electron chi connectivity index (χ0n) is 10.3. The Hall–Kier alpha value is -2.14. The lowest BCUT2D eigenvalue weighted by atomic mass is 9.98. The number of rotatable bonds is 3. The van der Waals surface area contributed by atoms with Gasteiger partial charge in [0.2, 0.25) is 0 Å². The summed E-state index contributed by atoms with van der Waals surface area (Å²) in [5.74, 6) is -0.222. The first kappa shape index (κ1) is 12.3. The Morgan fingerprint density at radius 2 is 2.00 bits per heavy atom. The van der Waals surface area contributed by atoms with E-state index in [-0.39, 0.29) is 5.91 Å². The summed E-state index contributed by atoms with van der Waals surface area (Å²) in [5.41, 5.74) is 1.06.